The normalized spacial score (nSPS) is 10.8. The zero-order valence-corrected chi connectivity index (χ0v) is 9.43. The standard InChI is InChI=1S/C7H5Cl2NO4S/c8-5-2-1-3-6(4-5)14-7(11)10-15(9,12)13/h1-4H,(H,10,11). The molecule has 0 aliphatic carbocycles. The van der Waals surface area contributed by atoms with Crippen LogP contribution in [-0.2, 0) is 9.24 Å². The first-order valence-electron chi connectivity index (χ1n) is 3.56. The van der Waals surface area contributed by atoms with Gasteiger partial charge in [-0.05, 0) is 18.2 Å². The Labute approximate surface area is 95.5 Å². The van der Waals surface area contributed by atoms with Crippen LogP contribution in [-0.4, -0.2) is 14.5 Å². The van der Waals surface area contributed by atoms with Crippen LogP contribution >= 0.6 is 22.3 Å². The predicted molar refractivity (Wildman–Crippen MR) is 55.4 cm³/mol. The lowest BCUT2D eigenvalue weighted by Gasteiger charge is -2.03. The number of nitrogens with one attached hydrogen (secondary N) is 1. The molecule has 1 N–H and O–H groups in total. The predicted octanol–water partition coefficient (Wildman–Crippen LogP) is 1.91. The van der Waals surface area contributed by atoms with E-state index in [2.05, 4.69) is 4.74 Å². The number of carbonyl (C=O) groups is 1. The van der Waals surface area contributed by atoms with Crippen LogP contribution in [0.2, 0.25) is 5.02 Å². The zero-order valence-electron chi connectivity index (χ0n) is 7.11. The summed E-state index contributed by atoms with van der Waals surface area (Å²) in [7, 11) is 0.621. The molecule has 0 unspecified atom stereocenters. The van der Waals surface area contributed by atoms with E-state index >= 15 is 0 Å². The molecule has 0 aromatic heterocycles. The topological polar surface area (TPSA) is 72.5 Å². The molecule has 1 aromatic carbocycles. The average molecular weight is 270 g/mol. The SMILES string of the molecule is O=C(NS(=O)(=O)Cl)Oc1cccc(Cl)c1. The Bertz CT molecular complexity index is 474. The Balaban J connectivity index is 2.67. The van der Waals surface area contributed by atoms with E-state index in [1.54, 1.807) is 12.1 Å². The van der Waals surface area contributed by atoms with Crippen molar-refractivity contribution >= 4 is 37.6 Å². The van der Waals surface area contributed by atoms with Crippen molar-refractivity contribution in [3.8, 4) is 5.75 Å². The number of ether oxygens (including phenoxy) is 1. The molecule has 0 aliphatic heterocycles. The van der Waals surface area contributed by atoms with E-state index in [9.17, 15) is 13.2 Å². The van der Waals surface area contributed by atoms with Gasteiger partial charge < -0.3 is 4.74 Å². The van der Waals surface area contributed by atoms with E-state index in [1.165, 1.54) is 16.9 Å². The number of halogens is 2. The molecule has 82 valence electrons. The van der Waals surface area contributed by atoms with Gasteiger partial charge in [0, 0.05) is 15.7 Å². The third-order valence-corrected chi connectivity index (χ3v) is 2.09. The Morgan fingerprint density at radius 3 is 2.60 bits per heavy atom. The second-order valence-corrected chi connectivity index (χ2v) is 5.12. The fourth-order valence-electron chi connectivity index (χ4n) is 0.758. The first-order chi connectivity index (χ1) is 6.87. The molecular formula is C7H5Cl2NO4S. The highest BCUT2D eigenvalue weighted by Crippen LogP contribution is 2.17. The molecule has 1 rings (SSSR count). The summed E-state index contributed by atoms with van der Waals surface area (Å²) in [6, 6.07) is 5.90. The first kappa shape index (κ1) is 12.1. The molecule has 15 heavy (non-hydrogen) atoms. The lowest BCUT2D eigenvalue weighted by molar-refractivity contribution is 0.207. The summed E-state index contributed by atoms with van der Waals surface area (Å²) in [5, 5.41) is 0.356. The first-order valence-corrected chi connectivity index (χ1v) is 6.25. The van der Waals surface area contributed by atoms with E-state index in [1.807, 2.05) is 0 Å². The molecule has 0 bridgehead atoms. The van der Waals surface area contributed by atoms with Crippen molar-refractivity contribution in [3.63, 3.8) is 0 Å². The molecule has 1 aromatic rings. The molecule has 0 heterocycles. The molecule has 0 atom stereocenters. The summed E-state index contributed by atoms with van der Waals surface area (Å²) >= 11 is 5.61. The molecule has 1 amide bonds. The van der Waals surface area contributed by atoms with E-state index in [0.29, 0.717) is 5.02 Å². The number of hydrogen-bond donors (Lipinski definition) is 1. The van der Waals surface area contributed by atoms with E-state index in [-0.39, 0.29) is 5.75 Å². The van der Waals surface area contributed by atoms with Crippen LogP contribution in [0.15, 0.2) is 24.3 Å². The maximum atomic E-state index is 10.9. The summed E-state index contributed by atoms with van der Waals surface area (Å²) < 4.78 is 26.8. The molecule has 5 nitrogen and oxygen atoms in total. The quantitative estimate of drug-likeness (QED) is 0.833. The van der Waals surface area contributed by atoms with Crippen LogP contribution in [0.25, 0.3) is 0 Å². The molecule has 0 radical (unpaired) electrons. The van der Waals surface area contributed by atoms with Crippen molar-refractivity contribution in [1.29, 1.82) is 0 Å². The minimum Gasteiger partial charge on any atom is -0.410 e. The number of carbonyl (C=O) groups excluding carboxylic acids is 1. The molecule has 0 spiro atoms. The molecule has 0 aliphatic rings. The van der Waals surface area contributed by atoms with Crippen LogP contribution in [0.4, 0.5) is 4.79 Å². The van der Waals surface area contributed by atoms with Gasteiger partial charge in [0.2, 0.25) is 0 Å². The summed E-state index contributed by atoms with van der Waals surface area (Å²) in [6.45, 7) is 0. The fourth-order valence-corrected chi connectivity index (χ4v) is 1.37. The summed E-state index contributed by atoms with van der Waals surface area (Å²) in [5.41, 5.74) is 0. The Hall–Kier alpha value is -0.980. The van der Waals surface area contributed by atoms with Gasteiger partial charge in [-0.2, -0.15) is 8.42 Å². The smallest absolute Gasteiger partial charge is 0.410 e. The van der Waals surface area contributed by atoms with Crippen molar-refractivity contribution in [3.05, 3.63) is 29.3 Å². The third kappa shape index (κ3) is 4.87. The molecule has 0 fully saturated rings. The lowest BCUT2D eigenvalue weighted by Crippen LogP contribution is -2.29. The fraction of sp³-hybridized carbons (Fsp3) is 0. The zero-order chi connectivity index (χ0) is 11.5. The van der Waals surface area contributed by atoms with Gasteiger partial charge in [-0.3, -0.25) is 0 Å². The number of rotatable bonds is 2. The Kier molecular flexibility index (Phi) is 3.78. The van der Waals surface area contributed by atoms with Crippen LogP contribution in [0.3, 0.4) is 0 Å². The highest BCUT2D eigenvalue weighted by atomic mass is 35.7. The van der Waals surface area contributed by atoms with E-state index < -0.39 is 15.3 Å². The molecule has 8 heteroatoms. The molecule has 0 saturated heterocycles. The average Bonchev–Trinajstić information content (AvgIpc) is 1.99. The minimum absolute atomic E-state index is 0.111. The molecule has 0 saturated carbocycles. The van der Waals surface area contributed by atoms with Gasteiger partial charge in [0.25, 0.3) is 0 Å². The Morgan fingerprint density at radius 1 is 1.40 bits per heavy atom. The summed E-state index contributed by atoms with van der Waals surface area (Å²) in [6.07, 6.45) is -1.20. The second kappa shape index (κ2) is 4.69. The van der Waals surface area contributed by atoms with Gasteiger partial charge in [0.15, 0.2) is 0 Å². The number of amides is 1. The maximum absolute atomic E-state index is 10.9. The van der Waals surface area contributed by atoms with Crippen molar-refractivity contribution in [2.45, 2.75) is 0 Å². The highest BCUT2D eigenvalue weighted by molar-refractivity contribution is 8.12. The largest absolute Gasteiger partial charge is 0.427 e. The van der Waals surface area contributed by atoms with Gasteiger partial charge in [0.1, 0.15) is 5.75 Å². The van der Waals surface area contributed by atoms with E-state index in [0.717, 1.165) is 0 Å². The van der Waals surface area contributed by atoms with Gasteiger partial charge >= 0.3 is 15.3 Å². The highest BCUT2D eigenvalue weighted by Gasteiger charge is 2.12. The van der Waals surface area contributed by atoms with Crippen LogP contribution in [0, 0.1) is 0 Å². The minimum atomic E-state index is -4.14. The van der Waals surface area contributed by atoms with Gasteiger partial charge in [-0.15, -0.1) is 0 Å². The Morgan fingerprint density at radius 2 is 2.07 bits per heavy atom. The van der Waals surface area contributed by atoms with E-state index in [4.69, 9.17) is 22.3 Å². The van der Waals surface area contributed by atoms with Gasteiger partial charge in [-0.1, -0.05) is 17.7 Å². The van der Waals surface area contributed by atoms with Crippen molar-refractivity contribution in [2.24, 2.45) is 0 Å². The molecular weight excluding hydrogens is 265 g/mol. The monoisotopic (exact) mass is 269 g/mol. The van der Waals surface area contributed by atoms with Crippen LogP contribution < -0.4 is 9.46 Å². The van der Waals surface area contributed by atoms with Crippen molar-refractivity contribution in [2.75, 3.05) is 0 Å². The number of hydrogen-bond acceptors (Lipinski definition) is 4. The van der Waals surface area contributed by atoms with Crippen LogP contribution in [0.1, 0.15) is 0 Å². The van der Waals surface area contributed by atoms with Gasteiger partial charge in [0.05, 0.1) is 0 Å². The van der Waals surface area contributed by atoms with Crippen LogP contribution in [0.5, 0.6) is 5.75 Å². The summed E-state index contributed by atoms with van der Waals surface area (Å²) in [5.74, 6) is 0.111. The number of benzene rings is 1. The van der Waals surface area contributed by atoms with Gasteiger partial charge in [-0.25, -0.2) is 9.52 Å². The summed E-state index contributed by atoms with van der Waals surface area (Å²) in [4.78, 5) is 10.9. The lowest BCUT2D eigenvalue weighted by atomic mass is 10.3. The van der Waals surface area contributed by atoms with Crippen molar-refractivity contribution < 1.29 is 17.9 Å². The van der Waals surface area contributed by atoms with Crippen molar-refractivity contribution in [1.82, 2.24) is 4.72 Å². The second-order valence-electron chi connectivity index (χ2n) is 2.39. The third-order valence-electron chi connectivity index (χ3n) is 1.21. The maximum Gasteiger partial charge on any atom is 0.427 e.